The molecule has 1 atom stereocenters. The van der Waals surface area contributed by atoms with Crippen molar-refractivity contribution < 1.29 is 28.8 Å². The first-order chi connectivity index (χ1) is 14.4. The van der Waals surface area contributed by atoms with Crippen LogP contribution in [0.1, 0.15) is 30.7 Å². The number of aliphatic hydroxyl groups excluding tert-OH is 3. The van der Waals surface area contributed by atoms with E-state index < -0.39 is 23.4 Å². The molecule has 6 nitrogen and oxygen atoms in total. The number of para-hydroxylation sites is 1. The van der Waals surface area contributed by atoms with Crippen LogP contribution in [0.4, 0.5) is 8.78 Å². The Labute approximate surface area is 172 Å². The van der Waals surface area contributed by atoms with Crippen molar-refractivity contribution in [1.29, 1.82) is 0 Å². The lowest BCUT2D eigenvalue weighted by Gasteiger charge is -2.33. The second-order valence-electron chi connectivity index (χ2n) is 7.04. The molecular formula is C22H24F2N2O4. The molecule has 0 fully saturated rings. The molecule has 4 N–H and O–H groups in total. The quantitative estimate of drug-likeness (QED) is 0.399. The molecule has 1 aromatic heterocycles. The smallest absolute Gasteiger partial charge is 0.146 e. The SMILES string of the molecule is CCC(CO)(CO)NC(O)c1ccnc2c(OCc3c(F)cccc3F)cccc12. The normalized spacial score (nSPS) is 12.9. The van der Waals surface area contributed by atoms with E-state index in [0.717, 1.165) is 12.1 Å². The van der Waals surface area contributed by atoms with E-state index in [9.17, 15) is 24.1 Å². The minimum atomic E-state index is -1.20. The lowest BCUT2D eigenvalue weighted by Crippen LogP contribution is -2.52. The van der Waals surface area contributed by atoms with Crippen molar-refractivity contribution in [2.45, 2.75) is 31.7 Å². The highest BCUT2D eigenvalue weighted by molar-refractivity contribution is 5.87. The average molecular weight is 418 g/mol. The molecule has 160 valence electrons. The van der Waals surface area contributed by atoms with Crippen LogP contribution in [0.25, 0.3) is 10.9 Å². The summed E-state index contributed by atoms with van der Waals surface area (Å²) in [5.41, 5.74) is -0.373. The maximum Gasteiger partial charge on any atom is 0.146 e. The van der Waals surface area contributed by atoms with Crippen molar-refractivity contribution in [3.63, 3.8) is 0 Å². The van der Waals surface area contributed by atoms with Crippen LogP contribution in [-0.2, 0) is 6.61 Å². The molecule has 0 amide bonds. The van der Waals surface area contributed by atoms with Crippen molar-refractivity contribution in [2.24, 2.45) is 0 Å². The molecule has 1 unspecified atom stereocenters. The number of pyridine rings is 1. The fraction of sp³-hybridized carbons (Fsp3) is 0.318. The highest BCUT2D eigenvalue weighted by Crippen LogP contribution is 2.30. The lowest BCUT2D eigenvalue weighted by atomic mass is 9.97. The minimum Gasteiger partial charge on any atom is -0.486 e. The van der Waals surface area contributed by atoms with Gasteiger partial charge in [-0.1, -0.05) is 25.1 Å². The summed E-state index contributed by atoms with van der Waals surface area (Å²) in [5.74, 6) is -1.10. The van der Waals surface area contributed by atoms with Crippen molar-refractivity contribution in [1.82, 2.24) is 10.3 Å². The summed E-state index contributed by atoms with van der Waals surface area (Å²) in [4.78, 5) is 4.29. The number of halogens is 2. The fourth-order valence-corrected chi connectivity index (χ4v) is 3.18. The Hall–Kier alpha value is -2.65. The third-order valence-corrected chi connectivity index (χ3v) is 5.22. The highest BCUT2D eigenvalue weighted by atomic mass is 19.1. The Kier molecular flexibility index (Phi) is 6.94. The Morgan fingerprint density at radius 3 is 2.37 bits per heavy atom. The molecule has 3 aromatic rings. The maximum atomic E-state index is 13.9. The van der Waals surface area contributed by atoms with Crippen LogP contribution in [-0.4, -0.2) is 39.1 Å². The number of ether oxygens (including phenoxy) is 1. The van der Waals surface area contributed by atoms with Crippen molar-refractivity contribution >= 4 is 10.9 Å². The third-order valence-electron chi connectivity index (χ3n) is 5.22. The summed E-state index contributed by atoms with van der Waals surface area (Å²) in [6, 6.07) is 10.2. The summed E-state index contributed by atoms with van der Waals surface area (Å²) in [7, 11) is 0. The minimum absolute atomic E-state index is 0.189. The Balaban J connectivity index is 1.91. The number of rotatable bonds is 9. The third kappa shape index (κ3) is 4.41. The molecular weight excluding hydrogens is 394 g/mol. The van der Waals surface area contributed by atoms with Crippen molar-refractivity contribution in [3.05, 3.63) is 71.4 Å². The summed E-state index contributed by atoms with van der Waals surface area (Å²) >= 11 is 0. The van der Waals surface area contributed by atoms with Gasteiger partial charge < -0.3 is 20.1 Å². The number of aromatic nitrogens is 1. The zero-order valence-electron chi connectivity index (χ0n) is 16.5. The number of aliphatic hydroxyl groups is 3. The topological polar surface area (TPSA) is 94.8 Å². The predicted octanol–water partition coefficient (Wildman–Crippen LogP) is 2.81. The molecule has 0 aliphatic rings. The van der Waals surface area contributed by atoms with E-state index in [-0.39, 0.29) is 25.4 Å². The molecule has 0 radical (unpaired) electrons. The number of hydrogen-bond donors (Lipinski definition) is 4. The first-order valence-electron chi connectivity index (χ1n) is 9.55. The van der Waals surface area contributed by atoms with Crippen LogP contribution in [0.3, 0.4) is 0 Å². The zero-order valence-corrected chi connectivity index (χ0v) is 16.5. The van der Waals surface area contributed by atoms with Crippen LogP contribution < -0.4 is 10.1 Å². The van der Waals surface area contributed by atoms with Crippen LogP contribution in [0.2, 0.25) is 0 Å². The van der Waals surface area contributed by atoms with E-state index in [2.05, 4.69) is 10.3 Å². The Morgan fingerprint density at radius 2 is 1.73 bits per heavy atom. The van der Waals surface area contributed by atoms with E-state index >= 15 is 0 Å². The van der Waals surface area contributed by atoms with Gasteiger partial charge in [0, 0.05) is 17.1 Å². The molecule has 8 heteroatoms. The van der Waals surface area contributed by atoms with E-state index in [1.807, 2.05) is 0 Å². The van der Waals surface area contributed by atoms with Gasteiger partial charge in [-0.05, 0) is 30.7 Å². The predicted molar refractivity (Wildman–Crippen MR) is 108 cm³/mol. The summed E-state index contributed by atoms with van der Waals surface area (Å²) in [6.45, 7) is 0.744. The van der Waals surface area contributed by atoms with Crippen LogP contribution in [0.5, 0.6) is 5.75 Å². The van der Waals surface area contributed by atoms with Crippen LogP contribution in [0, 0.1) is 11.6 Å². The van der Waals surface area contributed by atoms with Crippen LogP contribution in [0.15, 0.2) is 48.7 Å². The van der Waals surface area contributed by atoms with Gasteiger partial charge in [0.1, 0.15) is 35.7 Å². The van der Waals surface area contributed by atoms with Gasteiger partial charge in [-0.25, -0.2) is 8.78 Å². The molecule has 3 rings (SSSR count). The number of fused-ring (bicyclic) bond motifs is 1. The van der Waals surface area contributed by atoms with Gasteiger partial charge >= 0.3 is 0 Å². The van der Waals surface area contributed by atoms with Gasteiger partial charge in [-0.2, -0.15) is 0 Å². The molecule has 2 aromatic carbocycles. The highest BCUT2D eigenvalue weighted by Gasteiger charge is 2.30. The van der Waals surface area contributed by atoms with Crippen molar-refractivity contribution in [3.8, 4) is 5.75 Å². The number of nitrogens with one attached hydrogen (secondary N) is 1. The van der Waals surface area contributed by atoms with E-state index in [1.54, 1.807) is 31.2 Å². The van der Waals surface area contributed by atoms with E-state index in [4.69, 9.17) is 4.74 Å². The molecule has 0 spiro atoms. The maximum absolute atomic E-state index is 13.9. The van der Waals surface area contributed by atoms with Gasteiger partial charge in [-0.15, -0.1) is 0 Å². The van der Waals surface area contributed by atoms with E-state index in [1.165, 1.54) is 12.3 Å². The fourth-order valence-electron chi connectivity index (χ4n) is 3.18. The largest absolute Gasteiger partial charge is 0.486 e. The van der Waals surface area contributed by atoms with Gasteiger partial charge in [0.15, 0.2) is 0 Å². The molecule has 0 aliphatic carbocycles. The van der Waals surface area contributed by atoms with Crippen molar-refractivity contribution in [2.75, 3.05) is 13.2 Å². The second-order valence-corrected chi connectivity index (χ2v) is 7.04. The average Bonchev–Trinajstić information content (AvgIpc) is 2.76. The number of benzene rings is 2. The Bertz CT molecular complexity index is 983. The monoisotopic (exact) mass is 418 g/mol. The first kappa shape index (κ1) is 22.0. The second kappa shape index (κ2) is 9.44. The zero-order chi connectivity index (χ0) is 21.7. The summed E-state index contributed by atoms with van der Waals surface area (Å²) in [6.07, 6.45) is 0.668. The molecule has 1 heterocycles. The number of hydrogen-bond acceptors (Lipinski definition) is 6. The molecule has 0 saturated carbocycles. The summed E-state index contributed by atoms with van der Waals surface area (Å²) in [5, 5.41) is 33.4. The van der Waals surface area contributed by atoms with E-state index in [0.29, 0.717) is 28.6 Å². The molecule has 30 heavy (non-hydrogen) atoms. The lowest BCUT2D eigenvalue weighted by molar-refractivity contribution is 0.0234. The first-order valence-corrected chi connectivity index (χ1v) is 9.55. The molecule has 0 saturated heterocycles. The van der Waals surface area contributed by atoms with Gasteiger partial charge in [-0.3, -0.25) is 10.3 Å². The Morgan fingerprint density at radius 1 is 1.07 bits per heavy atom. The van der Waals surface area contributed by atoms with Crippen LogP contribution >= 0.6 is 0 Å². The standard InChI is InChI=1S/C22H24F2N2O4/c1-2-22(12-27,13-28)26-21(29)15-9-10-25-20-14(15)5-3-8-19(20)30-11-16-17(23)6-4-7-18(16)24/h3-10,21,26-29H,2,11-13H2,1H3. The summed E-state index contributed by atoms with van der Waals surface area (Å²) < 4.78 is 33.4. The molecule has 0 bridgehead atoms. The van der Waals surface area contributed by atoms with Gasteiger partial charge in [0.25, 0.3) is 0 Å². The number of nitrogens with zero attached hydrogens (tertiary/aromatic N) is 1. The van der Waals surface area contributed by atoms with Gasteiger partial charge in [0.05, 0.1) is 24.3 Å². The molecule has 0 aliphatic heterocycles. The van der Waals surface area contributed by atoms with Gasteiger partial charge in [0.2, 0.25) is 0 Å².